The largest absolute Gasteiger partial charge is 0.493 e. The molecule has 2 atom stereocenters. The molecule has 8 heteroatoms. The molecule has 0 aromatic heterocycles. The highest BCUT2D eigenvalue weighted by Gasteiger charge is 2.35. The van der Waals surface area contributed by atoms with Gasteiger partial charge in [0.15, 0.2) is 0 Å². The van der Waals surface area contributed by atoms with Gasteiger partial charge >= 0.3 is 6.09 Å². The van der Waals surface area contributed by atoms with E-state index >= 15 is 0 Å². The molecular weight excluding hydrogens is 468 g/mol. The molecule has 37 heavy (non-hydrogen) atoms. The lowest BCUT2D eigenvalue weighted by atomic mass is 9.87. The van der Waals surface area contributed by atoms with Crippen LogP contribution in [-0.4, -0.2) is 48.9 Å². The fourth-order valence-corrected chi connectivity index (χ4v) is 4.55. The Hall–Kier alpha value is -3.74. The molecule has 1 aliphatic rings. The summed E-state index contributed by atoms with van der Waals surface area (Å²) in [6, 6.07) is 22.6. The van der Waals surface area contributed by atoms with Gasteiger partial charge in [-0.05, 0) is 72.8 Å². The fourth-order valence-electron chi connectivity index (χ4n) is 4.55. The van der Waals surface area contributed by atoms with E-state index in [-0.39, 0.29) is 24.7 Å². The second-order valence-electron chi connectivity index (χ2n) is 10.2. The molecule has 0 aliphatic carbocycles. The summed E-state index contributed by atoms with van der Waals surface area (Å²) in [7, 11) is 0. The predicted molar refractivity (Wildman–Crippen MR) is 144 cm³/mol. The third-order valence-corrected chi connectivity index (χ3v) is 6.32. The number of benzene rings is 3. The Labute approximate surface area is 217 Å². The molecule has 1 fully saturated rings. The molecule has 0 saturated carbocycles. The monoisotopic (exact) mass is 502 g/mol. The van der Waals surface area contributed by atoms with Crippen LogP contribution in [-0.2, 0) is 16.1 Å². The Bertz CT molecular complexity index is 1250. The number of likely N-dealkylation sites (tertiary alicyclic amines) is 1. The molecule has 1 aliphatic heterocycles. The lowest BCUT2D eigenvalue weighted by Crippen LogP contribution is -2.48. The number of rotatable bonds is 8. The first-order chi connectivity index (χ1) is 17.8. The van der Waals surface area contributed by atoms with Crippen LogP contribution in [0.2, 0.25) is 0 Å². The molecule has 3 aromatic carbocycles. The number of amides is 1. The quantitative estimate of drug-likeness (QED) is 0.146. The van der Waals surface area contributed by atoms with Crippen LogP contribution in [0, 0.1) is 0 Å². The molecule has 1 amide bonds. The molecule has 8 nitrogen and oxygen atoms in total. The van der Waals surface area contributed by atoms with Crippen LogP contribution in [0.25, 0.3) is 21.2 Å². The summed E-state index contributed by atoms with van der Waals surface area (Å²) in [5, 5.41) is 5.86. The van der Waals surface area contributed by atoms with Crippen LogP contribution in [0.1, 0.15) is 44.2 Å². The zero-order valence-corrected chi connectivity index (χ0v) is 21.7. The van der Waals surface area contributed by atoms with Gasteiger partial charge in [0.05, 0.1) is 32.4 Å². The Balaban J connectivity index is 1.48. The number of carbonyl (C=O) groups excluding carboxylic acids is 1. The molecule has 2 unspecified atom stereocenters. The standard InChI is InChI=1S/C29H34N4O4/c1-29(2,3)37-28(34)33-16-14-26(23-10-12-25(13-11-23)35-17-15-31-32-30)27(19-33)36-20-21-8-9-22-6-4-5-7-24(22)18-21/h4-13,18,26-27H,14-17,19-20H2,1-3H3. The number of carbonyl (C=O) groups is 1. The lowest BCUT2D eigenvalue weighted by molar-refractivity contribution is -0.0359. The predicted octanol–water partition coefficient (Wildman–Crippen LogP) is 6.84. The van der Waals surface area contributed by atoms with Crippen LogP contribution in [0.5, 0.6) is 5.75 Å². The third-order valence-electron chi connectivity index (χ3n) is 6.32. The van der Waals surface area contributed by atoms with Crippen molar-refractivity contribution in [2.45, 2.75) is 51.4 Å². The van der Waals surface area contributed by atoms with E-state index in [1.54, 1.807) is 4.90 Å². The zero-order chi connectivity index (χ0) is 26.3. The molecule has 0 N–H and O–H groups in total. The van der Waals surface area contributed by atoms with Crippen LogP contribution < -0.4 is 4.74 Å². The van der Waals surface area contributed by atoms with E-state index in [4.69, 9.17) is 19.7 Å². The molecule has 194 valence electrons. The Kier molecular flexibility index (Phi) is 8.54. The number of fused-ring (bicyclic) bond motifs is 1. The Morgan fingerprint density at radius 3 is 2.57 bits per heavy atom. The van der Waals surface area contributed by atoms with E-state index in [0.29, 0.717) is 26.3 Å². The molecule has 1 saturated heterocycles. The summed E-state index contributed by atoms with van der Waals surface area (Å²) in [6.07, 6.45) is 0.261. The van der Waals surface area contributed by atoms with Gasteiger partial charge in [-0.25, -0.2) is 4.79 Å². The summed E-state index contributed by atoms with van der Waals surface area (Å²) in [4.78, 5) is 17.3. The van der Waals surface area contributed by atoms with E-state index in [2.05, 4.69) is 40.4 Å². The SMILES string of the molecule is CC(C)(C)OC(=O)N1CCC(c2ccc(OCCN=[N+]=[N-])cc2)C(OCc2ccc3ccccc3c2)C1. The van der Waals surface area contributed by atoms with Crippen molar-refractivity contribution in [3.8, 4) is 5.75 Å². The maximum absolute atomic E-state index is 12.8. The zero-order valence-electron chi connectivity index (χ0n) is 21.7. The Morgan fingerprint density at radius 1 is 1.08 bits per heavy atom. The summed E-state index contributed by atoms with van der Waals surface area (Å²) in [5.74, 6) is 0.841. The smallest absolute Gasteiger partial charge is 0.410 e. The van der Waals surface area contributed by atoms with Crippen molar-refractivity contribution >= 4 is 16.9 Å². The first-order valence-electron chi connectivity index (χ1n) is 12.6. The van der Waals surface area contributed by atoms with Gasteiger partial charge in [-0.1, -0.05) is 53.6 Å². The molecule has 3 aromatic rings. The highest BCUT2D eigenvalue weighted by atomic mass is 16.6. The number of ether oxygens (including phenoxy) is 3. The number of piperidine rings is 1. The minimum atomic E-state index is -0.552. The van der Waals surface area contributed by atoms with Gasteiger partial charge in [0.25, 0.3) is 0 Å². The van der Waals surface area contributed by atoms with Crippen LogP contribution >= 0.6 is 0 Å². The highest BCUT2D eigenvalue weighted by Crippen LogP contribution is 2.33. The van der Waals surface area contributed by atoms with Crippen LogP contribution in [0.4, 0.5) is 4.79 Å². The maximum atomic E-state index is 12.8. The van der Waals surface area contributed by atoms with Gasteiger partial charge in [0.1, 0.15) is 11.4 Å². The average molecular weight is 503 g/mol. The summed E-state index contributed by atoms with van der Waals surface area (Å²) < 4.78 is 17.8. The lowest BCUT2D eigenvalue weighted by Gasteiger charge is -2.39. The van der Waals surface area contributed by atoms with E-state index < -0.39 is 5.60 Å². The van der Waals surface area contributed by atoms with Crippen molar-refractivity contribution in [1.29, 1.82) is 0 Å². The van der Waals surface area contributed by atoms with Gasteiger partial charge in [-0.15, -0.1) is 0 Å². The molecule has 4 rings (SSSR count). The summed E-state index contributed by atoms with van der Waals surface area (Å²) >= 11 is 0. The van der Waals surface area contributed by atoms with E-state index in [1.165, 1.54) is 10.8 Å². The number of hydrogen-bond donors (Lipinski definition) is 0. The van der Waals surface area contributed by atoms with Gasteiger partial charge in [0.2, 0.25) is 0 Å². The molecule has 0 bridgehead atoms. The second-order valence-corrected chi connectivity index (χ2v) is 10.2. The minimum absolute atomic E-state index is 0.122. The van der Waals surface area contributed by atoms with E-state index in [0.717, 1.165) is 23.3 Å². The number of hydrogen-bond acceptors (Lipinski definition) is 5. The van der Waals surface area contributed by atoms with E-state index in [9.17, 15) is 4.79 Å². The fraction of sp³-hybridized carbons (Fsp3) is 0.414. The van der Waals surface area contributed by atoms with Gasteiger partial charge in [0, 0.05) is 17.4 Å². The Morgan fingerprint density at radius 2 is 1.84 bits per heavy atom. The minimum Gasteiger partial charge on any atom is -0.493 e. The molecule has 1 heterocycles. The topological polar surface area (TPSA) is 96.8 Å². The van der Waals surface area contributed by atoms with Crippen molar-refractivity contribution in [1.82, 2.24) is 4.90 Å². The van der Waals surface area contributed by atoms with Crippen molar-refractivity contribution in [3.05, 3.63) is 88.3 Å². The van der Waals surface area contributed by atoms with E-state index in [1.807, 2.05) is 57.2 Å². The first-order valence-corrected chi connectivity index (χ1v) is 12.6. The summed E-state index contributed by atoms with van der Waals surface area (Å²) in [5.41, 5.74) is 10.1. The average Bonchev–Trinajstić information content (AvgIpc) is 2.89. The maximum Gasteiger partial charge on any atom is 0.410 e. The van der Waals surface area contributed by atoms with Crippen LogP contribution in [0.3, 0.4) is 0 Å². The van der Waals surface area contributed by atoms with Gasteiger partial charge < -0.3 is 19.1 Å². The van der Waals surface area contributed by atoms with Crippen molar-refractivity contribution in [3.63, 3.8) is 0 Å². The van der Waals surface area contributed by atoms with Crippen LogP contribution in [0.15, 0.2) is 71.8 Å². The van der Waals surface area contributed by atoms with Crippen molar-refractivity contribution in [2.24, 2.45) is 5.11 Å². The third kappa shape index (κ3) is 7.38. The molecule has 0 radical (unpaired) electrons. The number of azide groups is 1. The molecule has 0 spiro atoms. The first kappa shape index (κ1) is 26.3. The normalized spacial score (nSPS) is 17.8. The van der Waals surface area contributed by atoms with Crippen molar-refractivity contribution < 1.29 is 19.0 Å². The number of nitrogens with zero attached hydrogens (tertiary/aromatic N) is 4. The van der Waals surface area contributed by atoms with Gasteiger partial charge in [-0.2, -0.15) is 0 Å². The van der Waals surface area contributed by atoms with Crippen molar-refractivity contribution in [2.75, 3.05) is 26.2 Å². The second kappa shape index (κ2) is 12.0. The summed E-state index contributed by atoms with van der Waals surface area (Å²) in [6.45, 7) is 7.75. The molecular formula is C29H34N4O4. The highest BCUT2D eigenvalue weighted by molar-refractivity contribution is 5.82. The van der Waals surface area contributed by atoms with Gasteiger partial charge in [-0.3, -0.25) is 0 Å².